The molecule has 2 aliphatic rings. The number of hydrogen-bond acceptors (Lipinski definition) is 4. The Kier molecular flexibility index (Phi) is 4.56. The zero-order chi connectivity index (χ0) is 16.4. The van der Waals surface area contributed by atoms with Crippen LogP contribution in [0.1, 0.15) is 19.3 Å². The van der Waals surface area contributed by atoms with Gasteiger partial charge in [0.15, 0.2) is 0 Å². The van der Waals surface area contributed by atoms with Crippen LogP contribution in [0.2, 0.25) is 5.02 Å². The van der Waals surface area contributed by atoms with E-state index in [4.69, 9.17) is 11.6 Å². The molecule has 23 heavy (non-hydrogen) atoms. The van der Waals surface area contributed by atoms with Crippen molar-refractivity contribution in [2.45, 2.75) is 25.3 Å². The lowest BCUT2D eigenvalue weighted by atomic mass is 10.0. The Labute approximate surface area is 139 Å². The fourth-order valence-electron chi connectivity index (χ4n) is 3.32. The van der Waals surface area contributed by atoms with Gasteiger partial charge in [0, 0.05) is 43.3 Å². The maximum atomic E-state index is 11.9. The lowest BCUT2D eigenvalue weighted by Gasteiger charge is -2.40. The van der Waals surface area contributed by atoms with Crippen molar-refractivity contribution >= 4 is 29.0 Å². The SMILES string of the molecule is O=C1NCCCN1C1CCN(c2ccc(Cl)cc2[N+](=O)[O-])CC1. The van der Waals surface area contributed by atoms with E-state index < -0.39 is 4.92 Å². The van der Waals surface area contributed by atoms with E-state index in [2.05, 4.69) is 5.32 Å². The molecule has 0 aliphatic carbocycles. The molecule has 1 aromatic carbocycles. The Morgan fingerprint density at radius 1 is 1.26 bits per heavy atom. The third kappa shape index (κ3) is 3.34. The molecule has 0 saturated carbocycles. The largest absolute Gasteiger partial charge is 0.366 e. The Hall–Kier alpha value is -2.02. The molecule has 0 spiro atoms. The normalized spacial score (nSPS) is 19.6. The smallest absolute Gasteiger partial charge is 0.317 e. The summed E-state index contributed by atoms with van der Waals surface area (Å²) in [5.74, 6) is 0. The molecule has 2 amide bonds. The number of rotatable bonds is 3. The highest BCUT2D eigenvalue weighted by molar-refractivity contribution is 6.30. The summed E-state index contributed by atoms with van der Waals surface area (Å²) >= 11 is 5.87. The summed E-state index contributed by atoms with van der Waals surface area (Å²) in [6.45, 7) is 2.91. The Morgan fingerprint density at radius 3 is 2.65 bits per heavy atom. The minimum atomic E-state index is -0.397. The van der Waals surface area contributed by atoms with E-state index in [1.807, 2.05) is 9.80 Å². The molecular weight excluding hydrogens is 320 g/mol. The minimum Gasteiger partial charge on any atom is -0.366 e. The van der Waals surface area contributed by atoms with Crippen molar-refractivity contribution in [2.24, 2.45) is 0 Å². The molecule has 0 radical (unpaired) electrons. The predicted octanol–water partition coefficient (Wildman–Crippen LogP) is 2.63. The van der Waals surface area contributed by atoms with Gasteiger partial charge in [0.2, 0.25) is 0 Å². The van der Waals surface area contributed by atoms with Crippen LogP contribution in [-0.4, -0.2) is 48.1 Å². The van der Waals surface area contributed by atoms with Crippen LogP contribution in [0.5, 0.6) is 0 Å². The molecule has 2 heterocycles. The Morgan fingerprint density at radius 2 is 2.00 bits per heavy atom. The number of piperidine rings is 1. The Bertz CT molecular complexity index is 617. The van der Waals surface area contributed by atoms with Gasteiger partial charge in [-0.2, -0.15) is 0 Å². The monoisotopic (exact) mass is 338 g/mol. The zero-order valence-corrected chi connectivity index (χ0v) is 13.5. The number of hydrogen-bond donors (Lipinski definition) is 1. The minimum absolute atomic E-state index is 0.00664. The summed E-state index contributed by atoms with van der Waals surface area (Å²) in [5, 5.41) is 14.5. The molecule has 1 N–H and O–H groups in total. The first-order chi connectivity index (χ1) is 11.1. The maximum absolute atomic E-state index is 11.9. The number of nitrogens with zero attached hydrogens (tertiary/aromatic N) is 3. The lowest BCUT2D eigenvalue weighted by Crippen LogP contribution is -2.54. The third-order valence-electron chi connectivity index (χ3n) is 4.49. The van der Waals surface area contributed by atoms with Gasteiger partial charge in [-0.1, -0.05) is 11.6 Å². The fourth-order valence-corrected chi connectivity index (χ4v) is 3.49. The van der Waals surface area contributed by atoms with Gasteiger partial charge in [-0.05, 0) is 31.4 Å². The molecule has 0 unspecified atom stereocenters. The number of nitrogens with one attached hydrogen (secondary N) is 1. The second-order valence-electron chi connectivity index (χ2n) is 5.89. The summed E-state index contributed by atoms with van der Waals surface area (Å²) < 4.78 is 0. The van der Waals surface area contributed by atoms with Crippen molar-refractivity contribution in [3.05, 3.63) is 33.3 Å². The van der Waals surface area contributed by atoms with Crippen LogP contribution in [0.4, 0.5) is 16.2 Å². The number of amides is 2. The van der Waals surface area contributed by atoms with E-state index in [1.165, 1.54) is 6.07 Å². The topological polar surface area (TPSA) is 78.7 Å². The van der Waals surface area contributed by atoms with Crippen molar-refractivity contribution in [3.63, 3.8) is 0 Å². The van der Waals surface area contributed by atoms with Crippen molar-refractivity contribution in [1.82, 2.24) is 10.2 Å². The van der Waals surface area contributed by atoms with Gasteiger partial charge in [-0.3, -0.25) is 10.1 Å². The van der Waals surface area contributed by atoms with Crippen molar-refractivity contribution in [1.29, 1.82) is 0 Å². The van der Waals surface area contributed by atoms with E-state index in [0.717, 1.165) is 32.4 Å². The molecular formula is C15H19ClN4O3. The van der Waals surface area contributed by atoms with E-state index in [-0.39, 0.29) is 17.8 Å². The number of halogens is 1. The van der Waals surface area contributed by atoms with Crippen molar-refractivity contribution < 1.29 is 9.72 Å². The van der Waals surface area contributed by atoms with E-state index in [1.54, 1.807) is 12.1 Å². The molecule has 2 fully saturated rings. The number of nitro groups is 1. The zero-order valence-electron chi connectivity index (χ0n) is 12.7. The Balaban J connectivity index is 1.69. The maximum Gasteiger partial charge on any atom is 0.317 e. The fraction of sp³-hybridized carbons (Fsp3) is 0.533. The molecule has 2 saturated heterocycles. The first kappa shape index (κ1) is 15.9. The molecule has 0 bridgehead atoms. The quantitative estimate of drug-likeness (QED) is 0.678. The summed E-state index contributed by atoms with van der Waals surface area (Å²) in [6.07, 6.45) is 2.59. The second kappa shape index (κ2) is 6.62. The number of nitro benzene ring substituents is 1. The first-order valence-corrected chi connectivity index (χ1v) is 8.17. The highest BCUT2D eigenvalue weighted by Gasteiger charge is 2.31. The van der Waals surface area contributed by atoms with Gasteiger partial charge < -0.3 is 15.1 Å². The summed E-state index contributed by atoms with van der Waals surface area (Å²) in [7, 11) is 0. The van der Waals surface area contributed by atoms with Gasteiger partial charge in [0.25, 0.3) is 5.69 Å². The van der Waals surface area contributed by atoms with Gasteiger partial charge in [-0.25, -0.2) is 4.79 Å². The van der Waals surface area contributed by atoms with Gasteiger partial charge in [-0.15, -0.1) is 0 Å². The van der Waals surface area contributed by atoms with Crippen molar-refractivity contribution in [2.75, 3.05) is 31.1 Å². The molecule has 2 aliphatic heterocycles. The highest BCUT2D eigenvalue weighted by atomic mass is 35.5. The number of urea groups is 1. The molecule has 8 heteroatoms. The first-order valence-electron chi connectivity index (χ1n) is 7.79. The highest BCUT2D eigenvalue weighted by Crippen LogP contribution is 2.33. The van der Waals surface area contributed by atoms with Crippen LogP contribution < -0.4 is 10.2 Å². The van der Waals surface area contributed by atoms with Crippen LogP contribution in [0.3, 0.4) is 0 Å². The standard InChI is InChI=1S/C15H19ClN4O3/c16-11-2-3-13(14(10-11)20(22)23)18-8-4-12(5-9-18)19-7-1-6-17-15(19)21/h2-3,10,12H,1,4-9H2,(H,17,21). The number of carbonyl (C=O) groups is 1. The van der Waals surface area contributed by atoms with Gasteiger partial charge in [0.1, 0.15) is 5.69 Å². The summed E-state index contributed by atoms with van der Waals surface area (Å²) in [6, 6.07) is 4.98. The molecule has 7 nitrogen and oxygen atoms in total. The molecule has 0 atom stereocenters. The van der Waals surface area contributed by atoms with Crippen LogP contribution in [0.25, 0.3) is 0 Å². The number of anilines is 1. The van der Waals surface area contributed by atoms with E-state index in [9.17, 15) is 14.9 Å². The average molecular weight is 339 g/mol. The molecule has 124 valence electrons. The van der Waals surface area contributed by atoms with Crippen molar-refractivity contribution in [3.8, 4) is 0 Å². The predicted molar refractivity (Wildman–Crippen MR) is 88.1 cm³/mol. The molecule has 0 aromatic heterocycles. The van der Waals surface area contributed by atoms with Crippen LogP contribution in [-0.2, 0) is 0 Å². The molecule has 1 aromatic rings. The van der Waals surface area contributed by atoms with Crippen LogP contribution in [0.15, 0.2) is 18.2 Å². The van der Waals surface area contributed by atoms with Gasteiger partial charge in [0.05, 0.1) is 4.92 Å². The second-order valence-corrected chi connectivity index (χ2v) is 6.32. The van der Waals surface area contributed by atoms with Crippen LogP contribution in [0, 0.1) is 10.1 Å². The van der Waals surface area contributed by atoms with E-state index in [0.29, 0.717) is 23.8 Å². The van der Waals surface area contributed by atoms with E-state index >= 15 is 0 Å². The lowest BCUT2D eigenvalue weighted by molar-refractivity contribution is -0.384. The number of carbonyl (C=O) groups excluding carboxylic acids is 1. The average Bonchev–Trinajstić information content (AvgIpc) is 2.55. The van der Waals surface area contributed by atoms with Gasteiger partial charge >= 0.3 is 6.03 Å². The summed E-state index contributed by atoms with van der Waals surface area (Å²) in [5.41, 5.74) is 0.632. The molecule has 3 rings (SSSR count). The number of benzene rings is 1. The van der Waals surface area contributed by atoms with Crippen LogP contribution >= 0.6 is 11.6 Å². The summed E-state index contributed by atoms with van der Waals surface area (Å²) in [4.78, 5) is 26.7. The third-order valence-corrected chi connectivity index (χ3v) is 4.73.